The fourth-order valence-electron chi connectivity index (χ4n) is 1.72. The molecule has 0 aliphatic heterocycles. The van der Waals surface area contributed by atoms with Crippen LogP contribution in [-0.4, -0.2) is 36.8 Å². The topological polar surface area (TPSA) is 61.4 Å². The molecule has 0 unspecified atom stereocenters. The second-order valence-corrected chi connectivity index (χ2v) is 4.31. The van der Waals surface area contributed by atoms with Crippen molar-refractivity contribution in [2.45, 2.75) is 25.8 Å². The lowest BCUT2D eigenvalue weighted by Gasteiger charge is -2.16. The fraction of sp³-hybridized carbons (Fsp3) is 0.500. The predicted octanol–water partition coefficient (Wildman–Crippen LogP) is 0.706. The predicted molar refractivity (Wildman–Crippen MR) is 72.3 cm³/mol. The highest BCUT2D eigenvalue weighted by atomic mass is 16.3. The molecule has 0 radical (unpaired) electrons. The van der Waals surface area contributed by atoms with Crippen LogP contribution in [0.4, 0.5) is 0 Å². The third kappa shape index (κ3) is 5.80. The molecule has 0 heterocycles. The molecule has 1 atom stereocenters. The molecule has 0 bridgehead atoms. The Labute approximate surface area is 108 Å². The van der Waals surface area contributed by atoms with Crippen molar-refractivity contribution in [1.29, 1.82) is 0 Å². The highest BCUT2D eigenvalue weighted by Gasteiger charge is 2.11. The van der Waals surface area contributed by atoms with E-state index in [1.807, 2.05) is 30.3 Å². The average molecular weight is 250 g/mol. The summed E-state index contributed by atoms with van der Waals surface area (Å²) in [4.78, 5) is 11.6. The number of aliphatic hydroxyl groups excluding tert-OH is 1. The molecule has 0 aromatic heterocycles. The molecule has 0 aliphatic rings. The summed E-state index contributed by atoms with van der Waals surface area (Å²) in [6, 6.07) is 9.62. The summed E-state index contributed by atoms with van der Waals surface area (Å²) >= 11 is 0. The Bertz CT molecular complexity index is 341. The zero-order chi connectivity index (χ0) is 13.2. The van der Waals surface area contributed by atoms with Gasteiger partial charge in [-0.05, 0) is 24.9 Å². The number of rotatable bonds is 8. The molecule has 1 rings (SSSR count). The molecule has 0 fully saturated rings. The zero-order valence-electron chi connectivity index (χ0n) is 10.9. The van der Waals surface area contributed by atoms with Crippen LogP contribution in [-0.2, 0) is 11.2 Å². The van der Waals surface area contributed by atoms with Crippen molar-refractivity contribution in [3.8, 4) is 0 Å². The van der Waals surface area contributed by atoms with Crippen molar-refractivity contribution < 1.29 is 9.90 Å². The van der Waals surface area contributed by atoms with Crippen LogP contribution < -0.4 is 10.6 Å². The van der Waals surface area contributed by atoms with E-state index in [0.29, 0.717) is 13.0 Å². The van der Waals surface area contributed by atoms with Crippen molar-refractivity contribution in [2.75, 3.05) is 19.7 Å². The Morgan fingerprint density at radius 1 is 1.33 bits per heavy atom. The van der Waals surface area contributed by atoms with Gasteiger partial charge < -0.3 is 15.7 Å². The van der Waals surface area contributed by atoms with Crippen LogP contribution in [0.5, 0.6) is 0 Å². The maximum atomic E-state index is 11.6. The fourth-order valence-corrected chi connectivity index (χ4v) is 1.72. The number of amides is 1. The molecule has 18 heavy (non-hydrogen) atoms. The van der Waals surface area contributed by atoms with Gasteiger partial charge in [0.1, 0.15) is 0 Å². The summed E-state index contributed by atoms with van der Waals surface area (Å²) < 4.78 is 0. The summed E-state index contributed by atoms with van der Waals surface area (Å²) in [5, 5.41) is 15.1. The molecule has 3 N–H and O–H groups in total. The summed E-state index contributed by atoms with van der Waals surface area (Å²) in [5.41, 5.74) is 1.11. The molecule has 1 aromatic carbocycles. The Balaban J connectivity index is 2.35. The highest BCUT2D eigenvalue weighted by Crippen LogP contribution is 2.02. The van der Waals surface area contributed by atoms with E-state index in [-0.39, 0.29) is 18.6 Å². The Hall–Kier alpha value is -1.39. The molecule has 100 valence electrons. The second kappa shape index (κ2) is 8.66. The number of carbonyl (C=O) groups excluding carboxylic acids is 1. The number of aliphatic hydroxyl groups is 1. The maximum absolute atomic E-state index is 11.6. The highest BCUT2D eigenvalue weighted by molar-refractivity contribution is 5.78. The van der Waals surface area contributed by atoms with Gasteiger partial charge in [-0.25, -0.2) is 0 Å². The minimum Gasteiger partial charge on any atom is -0.394 e. The van der Waals surface area contributed by atoms with E-state index in [4.69, 9.17) is 0 Å². The van der Waals surface area contributed by atoms with Crippen molar-refractivity contribution in [1.82, 2.24) is 10.6 Å². The standard InChI is InChI=1S/C14H22N2O2/c1-2-8-15-10-14(18)16-13(11-17)9-12-6-4-3-5-7-12/h3-7,13,15,17H,2,8-11H2,1H3,(H,16,18)/t13-/m0/s1. The van der Waals surface area contributed by atoms with Crippen molar-refractivity contribution >= 4 is 5.91 Å². The number of nitrogens with one attached hydrogen (secondary N) is 2. The number of carbonyl (C=O) groups is 1. The molecule has 0 spiro atoms. The minimum absolute atomic E-state index is 0.0472. The Morgan fingerprint density at radius 2 is 2.06 bits per heavy atom. The van der Waals surface area contributed by atoms with Crippen molar-refractivity contribution in [3.63, 3.8) is 0 Å². The first kappa shape index (κ1) is 14.7. The van der Waals surface area contributed by atoms with Crippen molar-refractivity contribution in [2.24, 2.45) is 0 Å². The number of benzene rings is 1. The molecule has 1 amide bonds. The van der Waals surface area contributed by atoms with E-state index in [1.165, 1.54) is 0 Å². The average Bonchev–Trinajstić information content (AvgIpc) is 2.39. The number of hydrogen-bond donors (Lipinski definition) is 3. The normalized spacial score (nSPS) is 12.1. The van der Waals surface area contributed by atoms with Gasteiger partial charge in [0, 0.05) is 0 Å². The van der Waals surface area contributed by atoms with E-state index < -0.39 is 0 Å². The van der Waals surface area contributed by atoms with Gasteiger partial charge in [0.05, 0.1) is 19.2 Å². The van der Waals surface area contributed by atoms with Crippen LogP contribution in [0.15, 0.2) is 30.3 Å². The van der Waals surface area contributed by atoms with E-state index in [0.717, 1.165) is 18.5 Å². The smallest absolute Gasteiger partial charge is 0.234 e. The van der Waals surface area contributed by atoms with E-state index in [2.05, 4.69) is 17.6 Å². The summed E-state index contributed by atoms with van der Waals surface area (Å²) in [5.74, 6) is -0.0709. The van der Waals surface area contributed by atoms with E-state index >= 15 is 0 Å². The summed E-state index contributed by atoms with van der Waals surface area (Å²) in [6.07, 6.45) is 1.65. The van der Waals surface area contributed by atoms with Crippen LogP contribution in [0.3, 0.4) is 0 Å². The van der Waals surface area contributed by atoms with Gasteiger partial charge in [0.2, 0.25) is 5.91 Å². The lowest BCUT2D eigenvalue weighted by atomic mass is 10.1. The van der Waals surface area contributed by atoms with Crippen LogP contribution in [0.2, 0.25) is 0 Å². The van der Waals surface area contributed by atoms with Gasteiger partial charge in [-0.2, -0.15) is 0 Å². The molecule has 0 saturated carbocycles. The summed E-state index contributed by atoms with van der Waals surface area (Å²) in [7, 11) is 0. The molecule has 1 aromatic rings. The van der Waals surface area contributed by atoms with Gasteiger partial charge in [0.25, 0.3) is 0 Å². The monoisotopic (exact) mass is 250 g/mol. The third-order valence-electron chi connectivity index (χ3n) is 2.62. The largest absolute Gasteiger partial charge is 0.394 e. The first-order valence-corrected chi connectivity index (χ1v) is 6.41. The quantitative estimate of drug-likeness (QED) is 0.595. The zero-order valence-corrected chi connectivity index (χ0v) is 10.9. The SMILES string of the molecule is CCCNCC(=O)N[C@H](CO)Cc1ccccc1. The lowest BCUT2D eigenvalue weighted by molar-refractivity contribution is -0.121. The first-order chi connectivity index (χ1) is 8.76. The summed E-state index contributed by atoms with van der Waals surface area (Å²) in [6.45, 7) is 3.14. The van der Waals surface area contributed by atoms with Crippen LogP contribution >= 0.6 is 0 Å². The second-order valence-electron chi connectivity index (χ2n) is 4.31. The van der Waals surface area contributed by atoms with Crippen LogP contribution in [0.1, 0.15) is 18.9 Å². The molecular weight excluding hydrogens is 228 g/mol. The lowest BCUT2D eigenvalue weighted by Crippen LogP contribution is -2.43. The van der Waals surface area contributed by atoms with Gasteiger partial charge in [-0.15, -0.1) is 0 Å². The Kier molecular flexibility index (Phi) is 7.06. The third-order valence-corrected chi connectivity index (χ3v) is 2.62. The Morgan fingerprint density at radius 3 is 2.67 bits per heavy atom. The molecule has 4 heteroatoms. The maximum Gasteiger partial charge on any atom is 0.234 e. The van der Waals surface area contributed by atoms with Crippen LogP contribution in [0.25, 0.3) is 0 Å². The molecular formula is C14H22N2O2. The van der Waals surface area contributed by atoms with Gasteiger partial charge in [-0.1, -0.05) is 37.3 Å². The number of hydrogen-bond acceptors (Lipinski definition) is 3. The van der Waals surface area contributed by atoms with Crippen LogP contribution in [0, 0.1) is 0 Å². The molecule has 0 aliphatic carbocycles. The van der Waals surface area contributed by atoms with Gasteiger partial charge >= 0.3 is 0 Å². The van der Waals surface area contributed by atoms with Crippen molar-refractivity contribution in [3.05, 3.63) is 35.9 Å². The minimum atomic E-state index is -0.219. The van der Waals surface area contributed by atoms with Gasteiger partial charge in [-0.3, -0.25) is 4.79 Å². The van der Waals surface area contributed by atoms with E-state index in [9.17, 15) is 9.90 Å². The molecule has 0 saturated heterocycles. The van der Waals surface area contributed by atoms with Gasteiger partial charge in [0.15, 0.2) is 0 Å². The van der Waals surface area contributed by atoms with E-state index in [1.54, 1.807) is 0 Å². The molecule has 4 nitrogen and oxygen atoms in total. The first-order valence-electron chi connectivity index (χ1n) is 6.41.